The number of carbonyl (C=O) groups excluding carboxylic acids is 1. The zero-order valence-corrected chi connectivity index (χ0v) is 21.9. The molecule has 0 radical (unpaired) electrons. The Kier molecular flexibility index (Phi) is 7.18. The molecule has 2 aliphatic heterocycles. The van der Waals surface area contributed by atoms with E-state index >= 15 is 0 Å². The summed E-state index contributed by atoms with van der Waals surface area (Å²) < 4.78 is 13.2. The van der Waals surface area contributed by atoms with E-state index in [0.717, 1.165) is 22.0 Å². The van der Waals surface area contributed by atoms with Crippen molar-refractivity contribution >= 4 is 40.5 Å². The maximum Gasteiger partial charge on any atom is 0.286 e. The lowest BCUT2D eigenvalue weighted by atomic mass is 10.1. The third-order valence-corrected chi connectivity index (χ3v) is 7.19. The molecule has 0 saturated carbocycles. The average Bonchev–Trinajstić information content (AvgIpc) is 3.44. The molecule has 5 rings (SSSR count). The molecular formula is C27H27ClN4O3S. The summed E-state index contributed by atoms with van der Waals surface area (Å²) in [5.74, 6) is 0.379. The van der Waals surface area contributed by atoms with E-state index < -0.39 is 0 Å². The number of amides is 1. The molecule has 0 spiro atoms. The largest absolute Gasteiger partial charge is 0.492 e. The summed E-state index contributed by atoms with van der Waals surface area (Å²) in [5, 5.41) is 6.08. The van der Waals surface area contributed by atoms with Gasteiger partial charge in [-0.1, -0.05) is 29.8 Å². The molecular weight excluding hydrogens is 496 g/mol. The van der Waals surface area contributed by atoms with Gasteiger partial charge in [0.15, 0.2) is 5.17 Å². The Hall–Kier alpha value is -3.07. The lowest BCUT2D eigenvalue weighted by molar-refractivity contribution is -0.113. The van der Waals surface area contributed by atoms with Crippen molar-refractivity contribution in [1.29, 1.82) is 0 Å². The number of nitrogens with zero attached hydrogens (tertiary/aromatic N) is 4. The number of carbonyl (C=O) groups is 1. The normalized spacial score (nSPS) is 21.2. The van der Waals surface area contributed by atoms with E-state index in [0.29, 0.717) is 41.1 Å². The van der Waals surface area contributed by atoms with E-state index in [1.54, 1.807) is 0 Å². The Balaban J connectivity index is 1.50. The minimum Gasteiger partial charge on any atom is -0.492 e. The van der Waals surface area contributed by atoms with Crippen molar-refractivity contribution in [1.82, 2.24) is 14.7 Å². The molecule has 7 nitrogen and oxygen atoms in total. The van der Waals surface area contributed by atoms with E-state index in [1.165, 1.54) is 11.8 Å². The first-order chi connectivity index (χ1) is 17.4. The number of para-hydroxylation sites is 1. The van der Waals surface area contributed by atoms with Crippen LogP contribution >= 0.6 is 23.4 Å². The fraction of sp³-hybridized carbons (Fsp3) is 0.296. The van der Waals surface area contributed by atoms with Crippen LogP contribution in [-0.2, 0) is 9.53 Å². The average molecular weight is 523 g/mol. The molecule has 1 saturated heterocycles. The van der Waals surface area contributed by atoms with E-state index in [-0.39, 0.29) is 18.1 Å². The molecule has 2 aromatic carbocycles. The van der Waals surface area contributed by atoms with Crippen LogP contribution in [0.25, 0.3) is 23.0 Å². The quantitative estimate of drug-likeness (QED) is 0.402. The number of thioether (sulfide) groups is 1. The van der Waals surface area contributed by atoms with Crippen molar-refractivity contribution in [3.8, 4) is 22.7 Å². The Bertz CT molecular complexity index is 1330. The molecule has 2 unspecified atom stereocenters. The highest BCUT2D eigenvalue weighted by molar-refractivity contribution is 8.18. The van der Waals surface area contributed by atoms with Crippen LogP contribution in [0.2, 0.25) is 5.02 Å². The van der Waals surface area contributed by atoms with Crippen molar-refractivity contribution in [2.24, 2.45) is 4.99 Å². The fourth-order valence-corrected chi connectivity index (χ4v) is 5.52. The second kappa shape index (κ2) is 10.5. The van der Waals surface area contributed by atoms with Gasteiger partial charge in [0.2, 0.25) is 0 Å². The standard InChI is InChI=1S/C27H27ClN4O3S/c1-4-34-23-11-10-19(12-22(23)28)25-20(16-32(30-25)21-8-6-5-7-9-21)13-24-26(33)29-27(36-24)31-14-17(2)35-18(3)15-31/h5-13,16-18H,4,14-15H2,1-3H3. The Morgan fingerprint density at radius 1 is 1.17 bits per heavy atom. The molecule has 186 valence electrons. The predicted octanol–water partition coefficient (Wildman–Crippen LogP) is 5.67. The maximum atomic E-state index is 12.9. The molecule has 2 atom stereocenters. The number of halogens is 1. The third kappa shape index (κ3) is 5.21. The van der Waals surface area contributed by atoms with Crippen LogP contribution in [0.1, 0.15) is 26.3 Å². The molecule has 1 amide bonds. The van der Waals surface area contributed by atoms with Crippen molar-refractivity contribution in [2.75, 3.05) is 19.7 Å². The summed E-state index contributed by atoms with van der Waals surface area (Å²) in [7, 11) is 0. The third-order valence-electron chi connectivity index (χ3n) is 5.85. The minimum atomic E-state index is -0.245. The van der Waals surface area contributed by atoms with Crippen LogP contribution in [0.3, 0.4) is 0 Å². The molecule has 0 aliphatic carbocycles. The van der Waals surface area contributed by atoms with Gasteiger partial charge in [-0.2, -0.15) is 10.1 Å². The van der Waals surface area contributed by atoms with Gasteiger partial charge < -0.3 is 14.4 Å². The van der Waals surface area contributed by atoms with E-state index in [2.05, 4.69) is 9.89 Å². The molecule has 36 heavy (non-hydrogen) atoms. The van der Waals surface area contributed by atoms with Gasteiger partial charge in [0.25, 0.3) is 5.91 Å². The van der Waals surface area contributed by atoms with Gasteiger partial charge in [-0.05, 0) is 68.9 Å². The van der Waals surface area contributed by atoms with Crippen molar-refractivity contribution in [3.05, 3.63) is 70.2 Å². The van der Waals surface area contributed by atoms with Crippen LogP contribution in [0.15, 0.2) is 64.6 Å². The smallest absolute Gasteiger partial charge is 0.286 e. The second-order valence-electron chi connectivity index (χ2n) is 8.76. The number of ether oxygens (including phenoxy) is 2. The zero-order chi connectivity index (χ0) is 25.2. The Labute approximate surface area is 219 Å². The highest BCUT2D eigenvalue weighted by atomic mass is 35.5. The van der Waals surface area contributed by atoms with E-state index in [1.807, 2.05) is 86.3 Å². The number of morpholine rings is 1. The zero-order valence-electron chi connectivity index (χ0n) is 20.3. The Morgan fingerprint density at radius 2 is 1.92 bits per heavy atom. The van der Waals surface area contributed by atoms with E-state index in [9.17, 15) is 4.79 Å². The summed E-state index contributed by atoms with van der Waals surface area (Å²) in [6.07, 6.45) is 3.95. The van der Waals surface area contributed by atoms with Crippen LogP contribution in [-0.4, -0.2) is 57.7 Å². The Morgan fingerprint density at radius 3 is 2.61 bits per heavy atom. The number of amidine groups is 1. The first-order valence-corrected chi connectivity index (χ1v) is 13.1. The molecule has 9 heteroatoms. The van der Waals surface area contributed by atoms with Crippen LogP contribution < -0.4 is 4.74 Å². The summed E-state index contributed by atoms with van der Waals surface area (Å²) >= 11 is 7.88. The van der Waals surface area contributed by atoms with Crippen molar-refractivity contribution in [3.63, 3.8) is 0 Å². The van der Waals surface area contributed by atoms with Gasteiger partial charge in [-0.25, -0.2) is 4.68 Å². The van der Waals surface area contributed by atoms with E-state index in [4.69, 9.17) is 26.2 Å². The summed E-state index contributed by atoms with van der Waals surface area (Å²) in [6, 6.07) is 15.5. The van der Waals surface area contributed by atoms with Crippen LogP contribution in [0.5, 0.6) is 5.75 Å². The molecule has 3 aromatic rings. The lowest BCUT2D eigenvalue weighted by Crippen LogP contribution is -2.47. The number of rotatable bonds is 5. The fourth-order valence-electron chi connectivity index (χ4n) is 4.36. The van der Waals surface area contributed by atoms with Gasteiger partial charge in [0.1, 0.15) is 11.4 Å². The number of hydrogen-bond donors (Lipinski definition) is 0. The van der Waals surface area contributed by atoms with Gasteiger partial charge in [-0.15, -0.1) is 0 Å². The summed E-state index contributed by atoms with van der Waals surface area (Å²) in [5.41, 5.74) is 3.26. The van der Waals surface area contributed by atoms with Gasteiger partial charge in [0, 0.05) is 30.4 Å². The SMILES string of the molecule is CCOc1ccc(-c2nn(-c3ccccc3)cc2C=C2SC(N3CC(C)OC(C)C3)=NC2=O)cc1Cl. The summed E-state index contributed by atoms with van der Waals surface area (Å²) in [6.45, 7) is 7.93. The summed E-state index contributed by atoms with van der Waals surface area (Å²) in [4.78, 5) is 19.9. The van der Waals surface area contributed by atoms with Crippen LogP contribution in [0.4, 0.5) is 0 Å². The second-order valence-corrected chi connectivity index (χ2v) is 10.2. The van der Waals surface area contributed by atoms with Gasteiger partial charge >= 0.3 is 0 Å². The predicted molar refractivity (Wildman–Crippen MR) is 145 cm³/mol. The maximum absolute atomic E-state index is 12.9. The molecule has 2 aliphatic rings. The van der Waals surface area contributed by atoms with Gasteiger partial charge in [0.05, 0.1) is 34.4 Å². The topological polar surface area (TPSA) is 68.9 Å². The van der Waals surface area contributed by atoms with Crippen molar-refractivity contribution < 1.29 is 14.3 Å². The van der Waals surface area contributed by atoms with Crippen LogP contribution in [0, 0.1) is 0 Å². The molecule has 0 N–H and O–H groups in total. The van der Waals surface area contributed by atoms with Crippen molar-refractivity contribution in [2.45, 2.75) is 33.0 Å². The highest BCUT2D eigenvalue weighted by Crippen LogP contribution is 2.36. The molecule has 3 heterocycles. The van der Waals surface area contributed by atoms with Gasteiger partial charge in [-0.3, -0.25) is 4.79 Å². The molecule has 1 aromatic heterocycles. The number of aromatic nitrogens is 2. The molecule has 1 fully saturated rings. The number of benzene rings is 2. The lowest BCUT2D eigenvalue weighted by Gasteiger charge is -2.35. The first-order valence-electron chi connectivity index (χ1n) is 11.9. The molecule has 0 bridgehead atoms. The first kappa shape index (κ1) is 24.6. The number of aliphatic imine (C=N–C) groups is 1. The highest BCUT2D eigenvalue weighted by Gasteiger charge is 2.31. The monoisotopic (exact) mass is 522 g/mol. The number of hydrogen-bond acceptors (Lipinski definition) is 6. The minimum absolute atomic E-state index is 0.0836.